The van der Waals surface area contributed by atoms with E-state index in [0.717, 1.165) is 12.8 Å². The monoisotopic (exact) mass is 225 g/mol. The molecule has 2 N–H and O–H groups in total. The first-order chi connectivity index (χ1) is 5.68. The Bertz CT molecular complexity index is 320. The fourth-order valence-electron chi connectivity index (χ4n) is 2.02. The summed E-state index contributed by atoms with van der Waals surface area (Å²) in [6, 6.07) is 4.60. The highest BCUT2D eigenvalue weighted by Gasteiger charge is 2.20. The van der Waals surface area contributed by atoms with Crippen LogP contribution in [0, 0.1) is 6.92 Å². The molecular weight excluding hydrogens is 214 g/mol. The highest BCUT2D eigenvalue weighted by atomic mass is 79.9. The first-order valence-corrected chi connectivity index (χ1v) is 5.02. The molecule has 12 heavy (non-hydrogen) atoms. The highest BCUT2D eigenvalue weighted by Crippen LogP contribution is 2.33. The largest absolute Gasteiger partial charge is 0.324 e. The number of aryl methyl sites for hydroxylation is 2. The molecule has 0 aliphatic heterocycles. The average molecular weight is 226 g/mol. The molecule has 1 atom stereocenters. The predicted molar refractivity (Wildman–Crippen MR) is 54.1 cm³/mol. The summed E-state index contributed by atoms with van der Waals surface area (Å²) < 4.78 is 1.17. The van der Waals surface area contributed by atoms with E-state index in [0.29, 0.717) is 0 Å². The first kappa shape index (κ1) is 8.27. The van der Waals surface area contributed by atoms with Gasteiger partial charge in [-0.3, -0.25) is 0 Å². The molecule has 1 aliphatic carbocycles. The number of nitrogens with two attached hydrogens (primary N) is 1. The fourth-order valence-corrected chi connectivity index (χ4v) is 2.64. The minimum Gasteiger partial charge on any atom is -0.324 e. The number of benzene rings is 1. The Morgan fingerprint density at radius 3 is 3.00 bits per heavy atom. The summed E-state index contributed by atoms with van der Waals surface area (Å²) in [7, 11) is 0. The van der Waals surface area contributed by atoms with Gasteiger partial charge >= 0.3 is 0 Å². The summed E-state index contributed by atoms with van der Waals surface area (Å²) in [5.41, 5.74) is 10.1. The maximum atomic E-state index is 5.98. The van der Waals surface area contributed by atoms with E-state index < -0.39 is 0 Å². The van der Waals surface area contributed by atoms with Gasteiger partial charge in [-0.05, 0) is 48.6 Å². The Labute approximate surface area is 81.1 Å². The molecule has 2 rings (SSSR count). The van der Waals surface area contributed by atoms with E-state index >= 15 is 0 Å². The van der Waals surface area contributed by atoms with E-state index in [9.17, 15) is 0 Å². The summed E-state index contributed by atoms with van der Waals surface area (Å²) in [6.07, 6.45) is 2.24. The maximum Gasteiger partial charge on any atom is 0.0303 e. The van der Waals surface area contributed by atoms with Crippen molar-refractivity contribution in [2.75, 3.05) is 0 Å². The van der Waals surface area contributed by atoms with Crippen LogP contribution >= 0.6 is 15.9 Å². The lowest BCUT2D eigenvalue weighted by molar-refractivity contribution is 0.710. The van der Waals surface area contributed by atoms with E-state index in [2.05, 4.69) is 35.0 Å². The Hall–Kier alpha value is -0.340. The molecule has 0 amide bonds. The molecule has 0 saturated heterocycles. The SMILES string of the molecule is Cc1cc(Br)cc2c1C(N)CC2. The van der Waals surface area contributed by atoms with Crippen molar-refractivity contribution in [2.24, 2.45) is 5.73 Å². The van der Waals surface area contributed by atoms with Crippen LogP contribution in [0.5, 0.6) is 0 Å². The number of fused-ring (bicyclic) bond motifs is 1. The van der Waals surface area contributed by atoms with Gasteiger partial charge in [0.15, 0.2) is 0 Å². The van der Waals surface area contributed by atoms with Gasteiger partial charge in [-0.1, -0.05) is 15.9 Å². The van der Waals surface area contributed by atoms with Crippen molar-refractivity contribution in [3.8, 4) is 0 Å². The van der Waals surface area contributed by atoms with Gasteiger partial charge < -0.3 is 5.73 Å². The molecule has 1 aromatic carbocycles. The first-order valence-electron chi connectivity index (χ1n) is 4.23. The molecule has 0 heterocycles. The van der Waals surface area contributed by atoms with Gasteiger partial charge in [-0.2, -0.15) is 0 Å². The zero-order chi connectivity index (χ0) is 8.72. The lowest BCUT2D eigenvalue weighted by Crippen LogP contribution is -2.06. The minimum atomic E-state index is 0.271. The normalized spacial score (nSPS) is 21.1. The molecule has 2 heteroatoms. The van der Waals surface area contributed by atoms with Crippen LogP contribution in [0.1, 0.15) is 29.2 Å². The standard InChI is InChI=1S/C10H12BrN/c1-6-4-8(11)5-7-2-3-9(12)10(6)7/h4-5,9H,2-3,12H2,1H3. The van der Waals surface area contributed by atoms with E-state index in [-0.39, 0.29) is 6.04 Å². The van der Waals surface area contributed by atoms with Crippen molar-refractivity contribution < 1.29 is 0 Å². The van der Waals surface area contributed by atoms with Gasteiger partial charge in [-0.15, -0.1) is 0 Å². The Morgan fingerprint density at radius 2 is 2.25 bits per heavy atom. The number of hydrogen-bond acceptors (Lipinski definition) is 1. The smallest absolute Gasteiger partial charge is 0.0303 e. The number of rotatable bonds is 0. The number of hydrogen-bond donors (Lipinski definition) is 1. The van der Waals surface area contributed by atoms with Gasteiger partial charge in [0.2, 0.25) is 0 Å². The van der Waals surface area contributed by atoms with Crippen molar-refractivity contribution in [2.45, 2.75) is 25.8 Å². The van der Waals surface area contributed by atoms with E-state index in [4.69, 9.17) is 5.73 Å². The lowest BCUT2D eigenvalue weighted by Gasteiger charge is -2.08. The molecule has 1 unspecified atom stereocenters. The van der Waals surface area contributed by atoms with Crippen molar-refractivity contribution >= 4 is 15.9 Å². The van der Waals surface area contributed by atoms with E-state index in [1.54, 1.807) is 0 Å². The topological polar surface area (TPSA) is 26.0 Å². The van der Waals surface area contributed by atoms with E-state index in [1.165, 1.54) is 21.2 Å². The Balaban J connectivity index is 2.60. The Kier molecular flexibility index (Phi) is 1.97. The molecule has 0 bridgehead atoms. The molecule has 64 valence electrons. The van der Waals surface area contributed by atoms with Crippen LogP contribution in [0.25, 0.3) is 0 Å². The molecule has 0 radical (unpaired) electrons. The molecular formula is C10H12BrN. The molecule has 1 aliphatic rings. The third-order valence-electron chi connectivity index (χ3n) is 2.53. The van der Waals surface area contributed by atoms with Crippen LogP contribution in [0.4, 0.5) is 0 Å². The summed E-state index contributed by atoms with van der Waals surface area (Å²) in [5, 5.41) is 0. The molecule has 1 aromatic rings. The summed E-state index contributed by atoms with van der Waals surface area (Å²) in [6.45, 7) is 2.13. The van der Waals surface area contributed by atoms with Gasteiger partial charge in [0.1, 0.15) is 0 Å². The zero-order valence-electron chi connectivity index (χ0n) is 7.10. The highest BCUT2D eigenvalue weighted by molar-refractivity contribution is 9.10. The van der Waals surface area contributed by atoms with Gasteiger partial charge in [-0.25, -0.2) is 0 Å². The predicted octanol–water partition coefficient (Wildman–Crippen LogP) is 2.70. The van der Waals surface area contributed by atoms with Crippen LogP contribution in [0.2, 0.25) is 0 Å². The minimum absolute atomic E-state index is 0.271. The van der Waals surface area contributed by atoms with Crippen LogP contribution in [0.3, 0.4) is 0 Å². The molecule has 0 saturated carbocycles. The Morgan fingerprint density at radius 1 is 1.50 bits per heavy atom. The fraction of sp³-hybridized carbons (Fsp3) is 0.400. The average Bonchev–Trinajstić information content (AvgIpc) is 2.31. The number of halogens is 1. The molecule has 0 fully saturated rings. The zero-order valence-corrected chi connectivity index (χ0v) is 8.69. The van der Waals surface area contributed by atoms with Gasteiger partial charge in [0.25, 0.3) is 0 Å². The van der Waals surface area contributed by atoms with Crippen LogP contribution < -0.4 is 5.73 Å². The van der Waals surface area contributed by atoms with Gasteiger partial charge in [0.05, 0.1) is 0 Å². The summed E-state index contributed by atoms with van der Waals surface area (Å²) in [4.78, 5) is 0. The summed E-state index contributed by atoms with van der Waals surface area (Å²) in [5.74, 6) is 0. The third-order valence-corrected chi connectivity index (χ3v) is 2.99. The van der Waals surface area contributed by atoms with Crippen molar-refractivity contribution in [3.05, 3.63) is 33.3 Å². The molecule has 1 nitrogen and oxygen atoms in total. The summed E-state index contributed by atoms with van der Waals surface area (Å²) >= 11 is 3.49. The lowest BCUT2D eigenvalue weighted by atomic mass is 10.0. The maximum absolute atomic E-state index is 5.98. The van der Waals surface area contributed by atoms with Crippen LogP contribution in [-0.4, -0.2) is 0 Å². The second-order valence-corrected chi connectivity index (χ2v) is 4.36. The van der Waals surface area contributed by atoms with E-state index in [1.807, 2.05) is 0 Å². The van der Waals surface area contributed by atoms with Gasteiger partial charge in [0, 0.05) is 10.5 Å². The molecule has 0 spiro atoms. The second kappa shape index (κ2) is 2.86. The third kappa shape index (κ3) is 1.19. The second-order valence-electron chi connectivity index (χ2n) is 3.44. The van der Waals surface area contributed by atoms with Crippen molar-refractivity contribution in [1.82, 2.24) is 0 Å². The van der Waals surface area contributed by atoms with Crippen LogP contribution in [-0.2, 0) is 6.42 Å². The van der Waals surface area contributed by atoms with Crippen LogP contribution in [0.15, 0.2) is 16.6 Å². The van der Waals surface area contributed by atoms with Crippen molar-refractivity contribution in [3.63, 3.8) is 0 Å². The van der Waals surface area contributed by atoms with Crippen molar-refractivity contribution in [1.29, 1.82) is 0 Å². The quantitative estimate of drug-likeness (QED) is 0.723. The molecule has 0 aromatic heterocycles.